The van der Waals surface area contributed by atoms with E-state index in [2.05, 4.69) is 17.2 Å². The topological polar surface area (TPSA) is 90.3 Å². The lowest BCUT2D eigenvalue weighted by atomic mass is 9.86. The van der Waals surface area contributed by atoms with Gasteiger partial charge in [0.05, 0.1) is 16.5 Å². The van der Waals surface area contributed by atoms with Crippen LogP contribution in [0.15, 0.2) is 23.0 Å². The van der Waals surface area contributed by atoms with Crippen LogP contribution in [0.25, 0.3) is 10.9 Å². The first-order chi connectivity index (χ1) is 15.0. The van der Waals surface area contributed by atoms with E-state index in [4.69, 9.17) is 4.74 Å². The van der Waals surface area contributed by atoms with Crippen molar-refractivity contribution in [3.8, 4) is 0 Å². The highest BCUT2D eigenvalue weighted by Gasteiger charge is 2.23. The molecular weight excluding hydrogens is 394 g/mol. The van der Waals surface area contributed by atoms with E-state index in [0.717, 1.165) is 57.2 Å². The summed E-state index contributed by atoms with van der Waals surface area (Å²) < 4.78 is 7.01. The Kier molecular flexibility index (Phi) is 6.68. The Morgan fingerprint density at radius 1 is 1.13 bits per heavy atom. The van der Waals surface area contributed by atoms with Crippen LogP contribution >= 0.6 is 0 Å². The average Bonchev–Trinajstić information content (AvgIpc) is 2.75. The van der Waals surface area contributed by atoms with Crippen LogP contribution in [0.3, 0.4) is 0 Å². The number of esters is 1. The van der Waals surface area contributed by atoms with Gasteiger partial charge in [-0.15, -0.1) is 0 Å². The molecule has 1 N–H and O–H groups in total. The molecule has 2 heterocycles. The van der Waals surface area contributed by atoms with Crippen molar-refractivity contribution >= 4 is 22.8 Å². The summed E-state index contributed by atoms with van der Waals surface area (Å²) in [5.74, 6) is 0.371. The molecule has 31 heavy (non-hydrogen) atoms. The zero-order valence-corrected chi connectivity index (χ0v) is 18.2. The van der Waals surface area contributed by atoms with Gasteiger partial charge in [0.1, 0.15) is 5.82 Å². The molecule has 0 bridgehead atoms. The van der Waals surface area contributed by atoms with Gasteiger partial charge in [0.2, 0.25) is 0 Å². The number of aryl methyl sites for hydroxylation is 1. The second kappa shape index (κ2) is 9.62. The third-order valence-electron chi connectivity index (χ3n) is 6.59. The fraction of sp³-hybridized carbons (Fsp3) is 0.583. The largest absolute Gasteiger partial charge is 0.452 e. The predicted octanol–water partition coefficient (Wildman–Crippen LogP) is 3.36. The van der Waals surface area contributed by atoms with Gasteiger partial charge < -0.3 is 10.1 Å². The van der Waals surface area contributed by atoms with E-state index in [9.17, 15) is 14.4 Å². The van der Waals surface area contributed by atoms with Gasteiger partial charge in [-0.05, 0) is 49.8 Å². The molecule has 1 fully saturated rings. The summed E-state index contributed by atoms with van der Waals surface area (Å²) in [7, 11) is 0. The van der Waals surface area contributed by atoms with Crippen LogP contribution in [0, 0.1) is 5.92 Å². The molecule has 4 rings (SSSR count). The standard InChI is InChI=1S/C24H31N3O4/c1-16-8-5-6-9-19(16)26-22(28)15-31-24(30)17-11-12-18-20(14-17)25-21-10-4-2-3-7-13-27(21)23(18)29/h11-12,14,16,19H,2-10,13,15H2,1H3,(H,26,28)/t16-,19+/m1/s1. The van der Waals surface area contributed by atoms with Crippen LogP contribution in [0.4, 0.5) is 0 Å². The number of benzene rings is 1. The number of rotatable bonds is 4. The van der Waals surface area contributed by atoms with Crippen molar-refractivity contribution in [3.63, 3.8) is 0 Å². The van der Waals surface area contributed by atoms with Crippen molar-refractivity contribution in [3.05, 3.63) is 39.9 Å². The minimum Gasteiger partial charge on any atom is -0.452 e. The molecule has 1 aliphatic heterocycles. The zero-order chi connectivity index (χ0) is 21.8. The van der Waals surface area contributed by atoms with Crippen molar-refractivity contribution in [1.29, 1.82) is 0 Å². The van der Waals surface area contributed by atoms with Crippen molar-refractivity contribution in [2.75, 3.05) is 6.61 Å². The van der Waals surface area contributed by atoms with E-state index in [-0.39, 0.29) is 24.1 Å². The molecule has 1 aromatic carbocycles. The quantitative estimate of drug-likeness (QED) is 0.759. The molecule has 0 unspecified atom stereocenters. The van der Waals surface area contributed by atoms with Crippen LogP contribution in [-0.2, 0) is 22.5 Å². The molecule has 2 atom stereocenters. The number of carbonyl (C=O) groups excluding carboxylic acids is 2. The highest BCUT2D eigenvalue weighted by atomic mass is 16.5. The number of carbonyl (C=O) groups is 2. The van der Waals surface area contributed by atoms with E-state index < -0.39 is 5.97 Å². The van der Waals surface area contributed by atoms with Crippen molar-refractivity contribution < 1.29 is 14.3 Å². The van der Waals surface area contributed by atoms with Gasteiger partial charge in [-0.2, -0.15) is 0 Å². The Labute approximate surface area is 182 Å². The Hall–Kier alpha value is -2.70. The molecular formula is C24H31N3O4. The normalized spacial score (nSPS) is 21.6. The van der Waals surface area contributed by atoms with Crippen LogP contribution in [-0.4, -0.2) is 34.1 Å². The second-order valence-corrected chi connectivity index (χ2v) is 8.89. The number of ether oxygens (including phenoxy) is 1. The first-order valence-electron chi connectivity index (χ1n) is 11.5. The molecule has 0 spiro atoms. The monoisotopic (exact) mass is 425 g/mol. The molecule has 7 nitrogen and oxygen atoms in total. The van der Waals surface area contributed by atoms with Gasteiger partial charge in [-0.3, -0.25) is 14.2 Å². The summed E-state index contributed by atoms with van der Waals surface area (Å²) in [5.41, 5.74) is 0.753. The van der Waals surface area contributed by atoms with Crippen LogP contribution < -0.4 is 10.9 Å². The first kappa shape index (κ1) is 21.5. The first-order valence-corrected chi connectivity index (χ1v) is 11.5. The van der Waals surface area contributed by atoms with Gasteiger partial charge in [0.15, 0.2) is 6.61 Å². The van der Waals surface area contributed by atoms with E-state index in [1.807, 2.05) is 0 Å². The van der Waals surface area contributed by atoms with Crippen molar-refractivity contribution in [1.82, 2.24) is 14.9 Å². The van der Waals surface area contributed by atoms with Crippen LogP contribution in [0.5, 0.6) is 0 Å². The molecule has 2 aromatic rings. The fourth-order valence-electron chi connectivity index (χ4n) is 4.72. The number of amides is 1. The summed E-state index contributed by atoms with van der Waals surface area (Å²) in [6, 6.07) is 4.96. The minimum absolute atomic E-state index is 0.0530. The van der Waals surface area contributed by atoms with Gasteiger partial charge in [-0.25, -0.2) is 9.78 Å². The Bertz CT molecular complexity index is 1030. The number of aromatic nitrogens is 2. The highest BCUT2D eigenvalue weighted by molar-refractivity contribution is 5.95. The van der Waals surface area contributed by atoms with E-state index >= 15 is 0 Å². The molecule has 1 amide bonds. The van der Waals surface area contributed by atoms with Crippen molar-refractivity contribution in [2.45, 2.75) is 77.3 Å². The number of nitrogens with zero attached hydrogens (tertiary/aromatic N) is 2. The van der Waals surface area contributed by atoms with E-state index in [1.54, 1.807) is 22.8 Å². The lowest BCUT2D eigenvalue weighted by Crippen LogP contribution is -2.42. The molecule has 1 aromatic heterocycles. The van der Waals surface area contributed by atoms with Crippen LogP contribution in [0.1, 0.15) is 74.5 Å². The SMILES string of the molecule is C[C@@H]1CCCC[C@@H]1NC(=O)COC(=O)c1ccc2c(=O)n3c(nc2c1)CCCCCC3. The molecule has 1 saturated carbocycles. The number of hydrogen-bond acceptors (Lipinski definition) is 5. The zero-order valence-electron chi connectivity index (χ0n) is 18.2. The maximum atomic E-state index is 12.9. The summed E-state index contributed by atoms with van der Waals surface area (Å²) in [6.07, 6.45) is 9.41. The predicted molar refractivity (Wildman–Crippen MR) is 118 cm³/mol. The minimum atomic E-state index is -0.581. The Morgan fingerprint density at radius 2 is 1.94 bits per heavy atom. The van der Waals surface area contributed by atoms with Gasteiger partial charge in [0.25, 0.3) is 11.5 Å². The van der Waals surface area contributed by atoms with Gasteiger partial charge in [-0.1, -0.05) is 32.6 Å². The van der Waals surface area contributed by atoms with Crippen molar-refractivity contribution in [2.24, 2.45) is 5.92 Å². The number of nitrogens with one attached hydrogen (secondary N) is 1. The third kappa shape index (κ3) is 4.97. The smallest absolute Gasteiger partial charge is 0.338 e. The maximum absolute atomic E-state index is 12.9. The molecule has 0 saturated heterocycles. The molecule has 7 heteroatoms. The van der Waals surface area contributed by atoms with Gasteiger partial charge >= 0.3 is 5.97 Å². The molecule has 1 aliphatic carbocycles. The Morgan fingerprint density at radius 3 is 2.77 bits per heavy atom. The number of hydrogen-bond donors (Lipinski definition) is 1. The van der Waals surface area contributed by atoms with Crippen LogP contribution in [0.2, 0.25) is 0 Å². The lowest BCUT2D eigenvalue weighted by molar-refractivity contribution is -0.125. The molecule has 2 aliphatic rings. The lowest BCUT2D eigenvalue weighted by Gasteiger charge is -2.29. The second-order valence-electron chi connectivity index (χ2n) is 8.89. The summed E-state index contributed by atoms with van der Waals surface area (Å²) >= 11 is 0. The average molecular weight is 426 g/mol. The molecule has 166 valence electrons. The maximum Gasteiger partial charge on any atom is 0.338 e. The number of fused-ring (bicyclic) bond motifs is 2. The molecule has 0 radical (unpaired) electrons. The summed E-state index contributed by atoms with van der Waals surface area (Å²) in [5, 5.41) is 3.49. The summed E-state index contributed by atoms with van der Waals surface area (Å²) in [6.45, 7) is 2.53. The Balaban J connectivity index is 1.45. The van der Waals surface area contributed by atoms with Gasteiger partial charge in [0, 0.05) is 19.0 Å². The van der Waals surface area contributed by atoms with E-state index in [0.29, 0.717) is 28.9 Å². The fourth-order valence-corrected chi connectivity index (χ4v) is 4.72. The van der Waals surface area contributed by atoms with E-state index in [1.165, 1.54) is 6.42 Å². The third-order valence-corrected chi connectivity index (χ3v) is 6.59. The highest BCUT2D eigenvalue weighted by Crippen LogP contribution is 2.23. The summed E-state index contributed by atoms with van der Waals surface area (Å²) in [4.78, 5) is 42.3.